The van der Waals surface area contributed by atoms with Gasteiger partial charge in [0.05, 0.1) is 11.9 Å². The molecular formula is C19H17N5. The molecule has 5 nitrogen and oxygen atoms in total. The van der Waals surface area contributed by atoms with Gasteiger partial charge in [0.25, 0.3) is 0 Å². The van der Waals surface area contributed by atoms with Crippen LogP contribution in [-0.4, -0.2) is 21.5 Å². The SMILES string of the molecule is Cc1ccc(N=C2C(Nc3ccc(C)cc3)=Nc3ccnn32)cc1. The second-order valence-corrected chi connectivity index (χ2v) is 5.82. The van der Waals surface area contributed by atoms with E-state index >= 15 is 0 Å². The monoisotopic (exact) mass is 315 g/mol. The molecule has 24 heavy (non-hydrogen) atoms. The molecule has 0 saturated carbocycles. The van der Waals surface area contributed by atoms with E-state index in [0.29, 0.717) is 11.7 Å². The van der Waals surface area contributed by atoms with Gasteiger partial charge in [0.1, 0.15) is 0 Å². The van der Waals surface area contributed by atoms with Crippen LogP contribution in [0.3, 0.4) is 0 Å². The molecule has 1 aliphatic heterocycles. The molecule has 2 aromatic carbocycles. The number of rotatable bonds is 2. The van der Waals surface area contributed by atoms with Gasteiger partial charge in [0.15, 0.2) is 17.5 Å². The molecule has 5 heteroatoms. The van der Waals surface area contributed by atoms with Crippen LogP contribution in [0.25, 0.3) is 0 Å². The number of aryl methyl sites for hydroxylation is 2. The highest BCUT2D eigenvalue weighted by Crippen LogP contribution is 2.23. The third-order valence-corrected chi connectivity index (χ3v) is 3.84. The fraction of sp³-hybridized carbons (Fsp3) is 0.105. The van der Waals surface area contributed by atoms with Gasteiger partial charge in [-0.1, -0.05) is 35.4 Å². The molecule has 0 atom stereocenters. The van der Waals surface area contributed by atoms with Crippen LogP contribution in [0.4, 0.5) is 17.2 Å². The minimum atomic E-state index is 0.694. The van der Waals surface area contributed by atoms with Gasteiger partial charge in [-0.3, -0.25) is 0 Å². The van der Waals surface area contributed by atoms with Gasteiger partial charge in [0, 0.05) is 11.8 Å². The van der Waals surface area contributed by atoms with Crippen molar-refractivity contribution in [3.63, 3.8) is 0 Å². The smallest absolute Gasteiger partial charge is 0.199 e. The van der Waals surface area contributed by atoms with Gasteiger partial charge < -0.3 is 5.32 Å². The van der Waals surface area contributed by atoms with Crippen molar-refractivity contribution in [2.24, 2.45) is 9.98 Å². The number of hydrogen-bond donors (Lipinski definition) is 1. The van der Waals surface area contributed by atoms with E-state index in [0.717, 1.165) is 17.2 Å². The van der Waals surface area contributed by atoms with Gasteiger partial charge in [-0.25, -0.2) is 9.98 Å². The van der Waals surface area contributed by atoms with Crippen LogP contribution in [0.2, 0.25) is 0 Å². The summed E-state index contributed by atoms with van der Waals surface area (Å²) in [5.74, 6) is 2.16. The molecule has 1 N–H and O–H groups in total. The van der Waals surface area contributed by atoms with Crippen LogP contribution in [0, 0.1) is 13.8 Å². The maximum Gasteiger partial charge on any atom is 0.199 e. The highest BCUT2D eigenvalue weighted by molar-refractivity contribution is 6.48. The first-order valence-electron chi connectivity index (χ1n) is 7.81. The number of amidine groups is 1. The Balaban J connectivity index is 1.71. The summed E-state index contributed by atoms with van der Waals surface area (Å²) in [6.07, 6.45) is 1.73. The minimum Gasteiger partial charge on any atom is -0.337 e. The number of fused-ring (bicyclic) bond motifs is 1. The zero-order valence-corrected chi connectivity index (χ0v) is 13.6. The van der Waals surface area contributed by atoms with Crippen LogP contribution < -0.4 is 5.32 Å². The van der Waals surface area contributed by atoms with E-state index in [1.54, 1.807) is 10.9 Å². The highest BCUT2D eigenvalue weighted by atomic mass is 15.4. The number of nitrogens with one attached hydrogen (secondary N) is 1. The molecule has 0 fully saturated rings. The lowest BCUT2D eigenvalue weighted by atomic mass is 10.2. The molecule has 0 amide bonds. The largest absolute Gasteiger partial charge is 0.337 e. The van der Waals surface area contributed by atoms with Crippen molar-refractivity contribution >= 4 is 28.9 Å². The lowest BCUT2D eigenvalue weighted by molar-refractivity contribution is 0.956. The maximum absolute atomic E-state index is 4.73. The number of nitrogens with zero attached hydrogens (tertiary/aromatic N) is 4. The van der Waals surface area contributed by atoms with E-state index in [-0.39, 0.29) is 0 Å². The number of aliphatic imine (C=N–C) groups is 2. The minimum absolute atomic E-state index is 0.694. The lowest BCUT2D eigenvalue weighted by Gasteiger charge is -2.08. The Kier molecular flexibility index (Phi) is 3.46. The molecule has 118 valence electrons. The maximum atomic E-state index is 4.73. The quantitative estimate of drug-likeness (QED) is 0.769. The van der Waals surface area contributed by atoms with Gasteiger partial charge in [0.2, 0.25) is 0 Å². The van der Waals surface area contributed by atoms with Gasteiger partial charge in [-0.05, 0) is 38.1 Å². The summed E-state index contributed by atoms with van der Waals surface area (Å²) in [7, 11) is 0. The topological polar surface area (TPSA) is 54.6 Å². The molecule has 1 aliphatic rings. The predicted octanol–water partition coefficient (Wildman–Crippen LogP) is 4.23. The van der Waals surface area contributed by atoms with Crippen molar-refractivity contribution in [3.8, 4) is 0 Å². The van der Waals surface area contributed by atoms with Crippen molar-refractivity contribution in [1.82, 2.24) is 9.78 Å². The molecule has 0 spiro atoms. The number of aromatic nitrogens is 2. The predicted molar refractivity (Wildman–Crippen MR) is 97.8 cm³/mol. The van der Waals surface area contributed by atoms with E-state index < -0.39 is 0 Å². The molecule has 0 aliphatic carbocycles. The number of hydrogen-bond acceptors (Lipinski definition) is 4. The summed E-state index contributed by atoms with van der Waals surface area (Å²) in [6, 6.07) is 18.1. The summed E-state index contributed by atoms with van der Waals surface area (Å²) in [5.41, 5.74) is 4.27. The Morgan fingerprint density at radius 2 is 1.54 bits per heavy atom. The average Bonchev–Trinajstić information content (AvgIpc) is 3.15. The number of benzene rings is 2. The summed E-state index contributed by atoms with van der Waals surface area (Å²) < 4.78 is 1.75. The summed E-state index contributed by atoms with van der Waals surface area (Å²) in [6.45, 7) is 4.13. The van der Waals surface area contributed by atoms with Crippen molar-refractivity contribution in [2.75, 3.05) is 5.32 Å². The summed E-state index contributed by atoms with van der Waals surface area (Å²) in [5, 5.41) is 7.67. The second kappa shape index (κ2) is 5.77. The first kappa shape index (κ1) is 14.4. The van der Waals surface area contributed by atoms with Crippen LogP contribution >= 0.6 is 0 Å². The molecule has 1 aromatic heterocycles. The Morgan fingerprint density at radius 3 is 2.25 bits per heavy atom. The first-order valence-corrected chi connectivity index (χ1v) is 7.81. The third kappa shape index (κ3) is 2.72. The zero-order chi connectivity index (χ0) is 16.5. The summed E-state index contributed by atoms with van der Waals surface area (Å²) in [4.78, 5) is 9.33. The molecule has 3 aromatic rings. The molecule has 0 radical (unpaired) electrons. The van der Waals surface area contributed by atoms with E-state index in [2.05, 4.69) is 41.4 Å². The van der Waals surface area contributed by atoms with E-state index in [9.17, 15) is 0 Å². The fourth-order valence-corrected chi connectivity index (χ4v) is 2.51. The molecular weight excluding hydrogens is 298 g/mol. The van der Waals surface area contributed by atoms with E-state index in [4.69, 9.17) is 4.99 Å². The van der Waals surface area contributed by atoms with Crippen LogP contribution in [-0.2, 0) is 0 Å². The first-order chi connectivity index (χ1) is 11.7. The van der Waals surface area contributed by atoms with E-state index in [1.807, 2.05) is 42.5 Å². The van der Waals surface area contributed by atoms with Crippen LogP contribution in [0.15, 0.2) is 70.8 Å². The Hall–Kier alpha value is -3.21. The van der Waals surface area contributed by atoms with Crippen LogP contribution in [0.1, 0.15) is 11.1 Å². The molecule has 2 heterocycles. The standard InChI is InChI=1S/C19H17N5/c1-13-3-7-15(8-4-13)21-18-19(24-17(23-18)11-12-20-24)22-16-9-5-14(2)6-10-16/h3-12H,1-2H3,(H,21,23). The van der Waals surface area contributed by atoms with Crippen molar-refractivity contribution in [2.45, 2.75) is 13.8 Å². The van der Waals surface area contributed by atoms with Gasteiger partial charge in [-0.15, -0.1) is 0 Å². The second-order valence-electron chi connectivity index (χ2n) is 5.82. The lowest BCUT2D eigenvalue weighted by Crippen LogP contribution is -2.25. The van der Waals surface area contributed by atoms with Crippen molar-refractivity contribution < 1.29 is 0 Å². The highest BCUT2D eigenvalue weighted by Gasteiger charge is 2.23. The molecule has 0 saturated heterocycles. The zero-order valence-electron chi connectivity index (χ0n) is 13.6. The molecule has 0 bridgehead atoms. The molecule has 4 rings (SSSR count). The van der Waals surface area contributed by atoms with Crippen molar-refractivity contribution in [1.29, 1.82) is 0 Å². The van der Waals surface area contributed by atoms with E-state index in [1.165, 1.54) is 11.1 Å². The number of anilines is 1. The van der Waals surface area contributed by atoms with Crippen molar-refractivity contribution in [3.05, 3.63) is 71.9 Å². The summed E-state index contributed by atoms with van der Waals surface area (Å²) >= 11 is 0. The molecule has 0 unspecified atom stereocenters. The Bertz CT molecular complexity index is 931. The Labute approximate surface area is 140 Å². The normalized spacial score (nSPS) is 14.6. The third-order valence-electron chi connectivity index (χ3n) is 3.84. The fourth-order valence-electron chi connectivity index (χ4n) is 2.51. The Morgan fingerprint density at radius 1 is 0.875 bits per heavy atom. The van der Waals surface area contributed by atoms with Gasteiger partial charge >= 0.3 is 0 Å². The average molecular weight is 315 g/mol. The van der Waals surface area contributed by atoms with Crippen LogP contribution in [0.5, 0.6) is 0 Å². The van der Waals surface area contributed by atoms with Gasteiger partial charge in [-0.2, -0.15) is 9.78 Å².